The minimum Gasteiger partial charge on any atom is -0.388 e. The third kappa shape index (κ3) is 2.67. The molecular formula is C11H14N2OS. The number of rotatable bonds is 4. The van der Waals surface area contributed by atoms with Crippen LogP contribution in [0.5, 0.6) is 0 Å². The molecule has 3 nitrogen and oxygen atoms in total. The van der Waals surface area contributed by atoms with Crippen molar-refractivity contribution in [3.8, 4) is 0 Å². The SMILES string of the molecule is Cn1cc(C(O)CCc2cccs2)cn1. The summed E-state index contributed by atoms with van der Waals surface area (Å²) in [5, 5.41) is 16.0. The number of hydrogen-bond acceptors (Lipinski definition) is 3. The van der Waals surface area contributed by atoms with E-state index in [9.17, 15) is 5.11 Å². The number of aliphatic hydroxyl groups is 1. The standard InChI is InChI=1S/C11H14N2OS/c1-13-8-9(7-12-13)11(14)5-4-10-3-2-6-15-10/h2-3,6-8,11,14H,4-5H2,1H3. The third-order valence-corrected chi connectivity index (χ3v) is 3.29. The molecule has 2 aromatic rings. The zero-order valence-corrected chi connectivity index (χ0v) is 9.44. The van der Waals surface area contributed by atoms with E-state index in [0.29, 0.717) is 0 Å². The number of hydrogen-bond donors (Lipinski definition) is 1. The van der Waals surface area contributed by atoms with Crippen LogP contribution in [0, 0.1) is 0 Å². The van der Waals surface area contributed by atoms with Crippen LogP contribution in [0.2, 0.25) is 0 Å². The summed E-state index contributed by atoms with van der Waals surface area (Å²) in [6.07, 6.45) is 4.86. The van der Waals surface area contributed by atoms with Crippen LogP contribution >= 0.6 is 11.3 Å². The monoisotopic (exact) mass is 222 g/mol. The number of aromatic nitrogens is 2. The van der Waals surface area contributed by atoms with Gasteiger partial charge in [0.15, 0.2) is 0 Å². The summed E-state index contributed by atoms with van der Waals surface area (Å²) in [5.74, 6) is 0. The summed E-state index contributed by atoms with van der Waals surface area (Å²) in [6, 6.07) is 4.14. The second-order valence-corrected chi connectivity index (χ2v) is 4.61. The fourth-order valence-corrected chi connectivity index (χ4v) is 2.24. The molecule has 0 radical (unpaired) electrons. The molecule has 1 N–H and O–H groups in total. The van der Waals surface area contributed by atoms with Crippen LogP contribution in [0.3, 0.4) is 0 Å². The van der Waals surface area contributed by atoms with Gasteiger partial charge in [-0.15, -0.1) is 11.3 Å². The van der Waals surface area contributed by atoms with Crippen molar-refractivity contribution in [3.05, 3.63) is 40.3 Å². The first-order valence-electron chi connectivity index (χ1n) is 4.94. The summed E-state index contributed by atoms with van der Waals surface area (Å²) >= 11 is 1.73. The lowest BCUT2D eigenvalue weighted by atomic mass is 10.1. The molecule has 0 spiro atoms. The quantitative estimate of drug-likeness (QED) is 0.860. The van der Waals surface area contributed by atoms with E-state index in [2.05, 4.69) is 16.5 Å². The van der Waals surface area contributed by atoms with Crippen molar-refractivity contribution < 1.29 is 5.11 Å². The van der Waals surface area contributed by atoms with E-state index < -0.39 is 6.10 Å². The third-order valence-electron chi connectivity index (χ3n) is 2.35. The first-order chi connectivity index (χ1) is 7.25. The van der Waals surface area contributed by atoms with Crippen molar-refractivity contribution in [1.82, 2.24) is 9.78 Å². The fourth-order valence-electron chi connectivity index (χ4n) is 1.51. The van der Waals surface area contributed by atoms with Crippen molar-refractivity contribution in [2.24, 2.45) is 7.05 Å². The van der Waals surface area contributed by atoms with Gasteiger partial charge < -0.3 is 5.11 Å². The summed E-state index contributed by atoms with van der Waals surface area (Å²) in [7, 11) is 1.86. The molecule has 0 aromatic carbocycles. The maximum Gasteiger partial charge on any atom is 0.0824 e. The second-order valence-electron chi connectivity index (χ2n) is 3.58. The van der Waals surface area contributed by atoms with Gasteiger partial charge in [0.2, 0.25) is 0 Å². The summed E-state index contributed by atoms with van der Waals surface area (Å²) in [6.45, 7) is 0. The average Bonchev–Trinajstić information content (AvgIpc) is 2.84. The van der Waals surface area contributed by atoms with E-state index in [-0.39, 0.29) is 0 Å². The van der Waals surface area contributed by atoms with Gasteiger partial charge >= 0.3 is 0 Å². The molecule has 0 fully saturated rings. The van der Waals surface area contributed by atoms with Crippen molar-refractivity contribution in [3.63, 3.8) is 0 Å². The number of aliphatic hydroxyl groups excluding tert-OH is 1. The predicted molar refractivity (Wildman–Crippen MR) is 60.8 cm³/mol. The van der Waals surface area contributed by atoms with Crippen LogP contribution in [0.4, 0.5) is 0 Å². The maximum atomic E-state index is 9.88. The van der Waals surface area contributed by atoms with Crippen LogP contribution in [-0.2, 0) is 13.5 Å². The van der Waals surface area contributed by atoms with E-state index in [1.165, 1.54) is 4.88 Å². The topological polar surface area (TPSA) is 38.0 Å². The zero-order valence-electron chi connectivity index (χ0n) is 8.63. The van der Waals surface area contributed by atoms with Gasteiger partial charge in [-0.2, -0.15) is 5.10 Å². The molecule has 1 atom stereocenters. The molecule has 2 rings (SSSR count). The highest BCUT2D eigenvalue weighted by molar-refractivity contribution is 7.09. The van der Waals surface area contributed by atoms with Gasteiger partial charge in [-0.1, -0.05) is 6.07 Å². The summed E-state index contributed by atoms with van der Waals surface area (Å²) < 4.78 is 1.71. The zero-order chi connectivity index (χ0) is 10.7. The molecule has 2 heterocycles. The highest BCUT2D eigenvalue weighted by atomic mass is 32.1. The summed E-state index contributed by atoms with van der Waals surface area (Å²) in [4.78, 5) is 1.32. The van der Waals surface area contributed by atoms with E-state index in [0.717, 1.165) is 18.4 Å². The molecule has 0 aliphatic carbocycles. The van der Waals surface area contributed by atoms with Gasteiger partial charge in [-0.05, 0) is 24.3 Å². The van der Waals surface area contributed by atoms with E-state index in [1.54, 1.807) is 22.2 Å². The second kappa shape index (κ2) is 4.59. The molecule has 15 heavy (non-hydrogen) atoms. The molecule has 0 amide bonds. The van der Waals surface area contributed by atoms with Gasteiger partial charge in [0, 0.05) is 23.7 Å². The maximum absolute atomic E-state index is 9.88. The minimum atomic E-state index is -0.402. The van der Waals surface area contributed by atoms with Gasteiger partial charge in [-0.3, -0.25) is 4.68 Å². The van der Waals surface area contributed by atoms with Crippen molar-refractivity contribution in [2.45, 2.75) is 18.9 Å². The Morgan fingerprint density at radius 3 is 3.07 bits per heavy atom. The van der Waals surface area contributed by atoms with Gasteiger partial charge in [0.1, 0.15) is 0 Å². The Hall–Kier alpha value is -1.13. The lowest BCUT2D eigenvalue weighted by Gasteiger charge is -2.06. The first kappa shape index (κ1) is 10.4. The molecule has 1 unspecified atom stereocenters. The van der Waals surface area contributed by atoms with Gasteiger partial charge in [0.05, 0.1) is 12.3 Å². The Balaban J connectivity index is 1.90. The van der Waals surface area contributed by atoms with E-state index in [4.69, 9.17) is 0 Å². The van der Waals surface area contributed by atoms with Gasteiger partial charge in [-0.25, -0.2) is 0 Å². The highest BCUT2D eigenvalue weighted by Gasteiger charge is 2.09. The van der Waals surface area contributed by atoms with E-state index in [1.807, 2.05) is 19.3 Å². The lowest BCUT2D eigenvalue weighted by molar-refractivity contribution is 0.168. The molecule has 80 valence electrons. The molecule has 0 bridgehead atoms. The Bertz CT molecular complexity index is 408. The molecule has 0 aliphatic heterocycles. The normalized spacial score (nSPS) is 12.9. The molecule has 4 heteroatoms. The lowest BCUT2D eigenvalue weighted by Crippen LogP contribution is -1.97. The Morgan fingerprint density at radius 1 is 1.60 bits per heavy atom. The summed E-state index contributed by atoms with van der Waals surface area (Å²) in [5.41, 5.74) is 0.897. The van der Waals surface area contributed by atoms with Crippen LogP contribution in [0.15, 0.2) is 29.9 Å². The van der Waals surface area contributed by atoms with E-state index >= 15 is 0 Å². The highest BCUT2D eigenvalue weighted by Crippen LogP contribution is 2.20. The van der Waals surface area contributed by atoms with Crippen molar-refractivity contribution >= 4 is 11.3 Å². The minimum absolute atomic E-state index is 0.402. The molecule has 0 aliphatic rings. The molecule has 2 aromatic heterocycles. The molecular weight excluding hydrogens is 208 g/mol. The van der Waals surface area contributed by atoms with Crippen LogP contribution in [0.25, 0.3) is 0 Å². The van der Waals surface area contributed by atoms with Crippen LogP contribution < -0.4 is 0 Å². The Labute approximate surface area is 93.0 Å². The average molecular weight is 222 g/mol. The van der Waals surface area contributed by atoms with Crippen LogP contribution in [-0.4, -0.2) is 14.9 Å². The Morgan fingerprint density at radius 2 is 2.47 bits per heavy atom. The van der Waals surface area contributed by atoms with Crippen molar-refractivity contribution in [2.75, 3.05) is 0 Å². The number of aryl methyl sites for hydroxylation is 2. The number of nitrogens with zero attached hydrogens (tertiary/aromatic N) is 2. The molecule has 0 saturated carbocycles. The predicted octanol–water partition coefficient (Wildman–Crippen LogP) is 2.15. The molecule has 0 saturated heterocycles. The Kier molecular flexibility index (Phi) is 3.18. The van der Waals surface area contributed by atoms with Crippen LogP contribution in [0.1, 0.15) is 23.0 Å². The first-order valence-corrected chi connectivity index (χ1v) is 5.82. The largest absolute Gasteiger partial charge is 0.388 e. The fraction of sp³-hybridized carbons (Fsp3) is 0.364. The van der Waals surface area contributed by atoms with Gasteiger partial charge in [0.25, 0.3) is 0 Å². The smallest absolute Gasteiger partial charge is 0.0824 e. The number of thiophene rings is 1. The van der Waals surface area contributed by atoms with Crippen molar-refractivity contribution in [1.29, 1.82) is 0 Å².